The Morgan fingerprint density at radius 3 is 0.826 bits per heavy atom. The van der Waals surface area contributed by atoms with Crippen molar-refractivity contribution in [2.75, 3.05) is 0 Å². The van der Waals surface area contributed by atoms with Gasteiger partial charge in [-0.3, -0.25) is 17.6 Å². The van der Waals surface area contributed by atoms with Crippen LogP contribution in [0, 0.1) is 60.4 Å². The van der Waals surface area contributed by atoms with E-state index in [4.69, 9.17) is 0 Å². The van der Waals surface area contributed by atoms with Crippen molar-refractivity contribution >= 4 is 0 Å². The first kappa shape index (κ1) is 21.3. The van der Waals surface area contributed by atoms with Crippen LogP contribution in [0.3, 0.4) is 0 Å². The summed E-state index contributed by atoms with van der Waals surface area (Å²) in [6, 6.07) is 0.276. The summed E-state index contributed by atoms with van der Waals surface area (Å²) in [5.41, 5.74) is -1.77. The number of benzene rings is 2. The van der Waals surface area contributed by atoms with Gasteiger partial charge in [0.15, 0.2) is 0 Å². The van der Waals surface area contributed by atoms with E-state index in [1.807, 2.05) is 0 Å². The predicted octanol–water partition coefficient (Wildman–Crippen LogP) is 4.85. The largest absolute Gasteiger partial charge is 2.00 e. The third kappa shape index (κ3) is 4.65. The van der Waals surface area contributed by atoms with Crippen LogP contribution in [0.5, 0.6) is 0 Å². The number of hydrogen-bond donors (Lipinski definition) is 0. The summed E-state index contributed by atoms with van der Waals surface area (Å²) in [7, 11) is 0. The second-order valence-electron chi connectivity index (χ2n) is 3.89. The number of halogens is 8. The van der Waals surface area contributed by atoms with Crippen LogP contribution in [0.4, 0.5) is 35.1 Å². The molecule has 2 rings (SSSR count). The Labute approximate surface area is 141 Å². The molecule has 2 aromatic carbocycles. The van der Waals surface area contributed by atoms with E-state index in [2.05, 4.69) is 13.8 Å². The molecule has 0 heterocycles. The maximum atomic E-state index is 12.3. The zero-order valence-corrected chi connectivity index (χ0v) is 12.7. The van der Waals surface area contributed by atoms with Crippen LogP contribution in [0.15, 0.2) is 12.1 Å². The van der Waals surface area contributed by atoms with E-state index in [9.17, 15) is 35.1 Å². The van der Waals surface area contributed by atoms with E-state index in [-0.39, 0.29) is 33.9 Å². The average molecular weight is 374 g/mol. The number of hydrogen-bond acceptors (Lipinski definition) is 0. The van der Waals surface area contributed by atoms with Crippen LogP contribution in [-0.4, -0.2) is 0 Å². The summed E-state index contributed by atoms with van der Waals surface area (Å²) in [4.78, 5) is 0. The van der Waals surface area contributed by atoms with Gasteiger partial charge in [-0.25, -0.2) is 17.6 Å². The minimum Gasteiger partial charge on any atom is -0.281 e. The molecule has 23 heavy (non-hydrogen) atoms. The minimum atomic E-state index is -1.45. The molecule has 9 heteroatoms. The molecule has 0 unspecified atom stereocenters. The first-order valence-corrected chi connectivity index (χ1v) is 5.37. The molecule has 0 spiro atoms. The van der Waals surface area contributed by atoms with Crippen molar-refractivity contribution < 1.29 is 56.8 Å². The van der Waals surface area contributed by atoms with Crippen LogP contribution in [0.25, 0.3) is 0 Å². The average Bonchev–Trinajstić information content (AvgIpc) is 2.47. The van der Waals surface area contributed by atoms with Gasteiger partial charge in [-0.05, 0) is 12.1 Å². The fraction of sp³-hybridized carbons (Fsp3) is 0. The van der Waals surface area contributed by atoms with E-state index in [1.54, 1.807) is 0 Å². The summed E-state index contributed by atoms with van der Waals surface area (Å²) in [5, 5.41) is 0. The Balaban J connectivity index is 0.000000403. The third-order valence-corrected chi connectivity index (χ3v) is 2.41. The van der Waals surface area contributed by atoms with Crippen molar-refractivity contribution in [2.24, 2.45) is 0 Å². The van der Waals surface area contributed by atoms with Gasteiger partial charge in [-0.15, -0.1) is 11.1 Å². The smallest absolute Gasteiger partial charge is 0.281 e. The minimum absolute atomic E-state index is 0. The maximum absolute atomic E-state index is 12.3. The van der Waals surface area contributed by atoms with Crippen LogP contribution in [0.1, 0.15) is 11.1 Å². The Morgan fingerprint density at radius 2 is 0.652 bits per heavy atom. The first-order valence-electron chi connectivity index (χ1n) is 5.37. The van der Waals surface area contributed by atoms with Gasteiger partial charge >= 0.3 is 21.7 Å². The van der Waals surface area contributed by atoms with E-state index in [1.165, 1.54) is 0 Å². The molecule has 0 aromatic heterocycles. The first-order chi connectivity index (χ1) is 10.1. The standard InChI is InChI=1S/2C7H3F4.Ti/c2*1-3-6(10)4(8)2-5(9)7(3)11;/h2*2H,1H2;/q2*-1;+2. The summed E-state index contributed by atoms with van der Waals surface area (Å²) >= 11 is 0. The van der Waals surface area contributed by atoms with Gasteiger partial charge in [0.05, 0.1) is 23.3 Å². The fourth-order valence-corrected chi connectivity index (χ4v) is 1.25. The molecule has 0 nitrogen and oxygen atoms in total. The number of rotatable bonds is 0. The summed E-state index contributed by atoms with van der Waals surface area (Å²) in [6.45, 7) is 5.62. The zero-order chi connectivity index (χ0) is 17.2. The van der Waals surface area contributed by atoms with Gasteiger partial charge in [0.1, 0.15) is 23.3 Å². The second-order valence-corrected chi connectivity index (χ2v) is 3.89. The molecular weight excluding hydrogens is 368 g/mol. The van der Waals surface area contributed by atoms with Crippen molar-refractivity contribution in [2.45, 2.75) is 0 Å². The molecule has 0 radical (unpaired) electrons. The van der Waals surface area contributed by atoms with E-state index < -0.39 is 57.7 Å². The molecule has 0 saturated carbocycles. The van der Waals surface area contributed by atoms with Crippen LogP contribution < -0.4 is 0 Å². The summed E-state index contributed by atoms with van der Waals surface area (Å²) in [5.74, 6) is -11.6. The van der Waals surface area contributed by atoms with Crippen molar-refractivity contribution in [3.63, 3.8) is 0 Å². The third-order valence-electron chi connectivity index (χ3n) is 2.41. The van der Waals surface area contributed by atoms with Gasteiger partial charge < -0.3 is 0 Å². The van der Waals surface area contributed by atoms with E-state index >= 15 is 0 Å². The van der Waals surface area contributed by atoms with Gasteiger partial charge in [-0.2, -0.15) is 13.8 Å². The summed E-state index contributed by atoms with van der Waals surface area (Å²) < 4.78 is 98.1. The molecule has 122 valence electrons. The fourth-order valence-electron chi connectivity index (χ4n) is 1.25. The Morgan fingerprint density at radius 1 is 0.478 bits per heavy atom. The topological polar surface area (TPSA) is 0 Å². The molecule has 0 atom stereocenters. The normalized spacial score (nSPS) is 9.74. The van der Waals surface area contributed by atoms with Gasteiger partial charge in [0.25, 0.3) is 0 Å². The monoisotopic (exact) mass is 374 g/mol. The van der Waals surface area contributed by atoms with Crippen LogP contribution in [-0.2, 0) is 21.7 Å². The molecule has 0 aliphatic rings. The molecule has 0 N–H and O–H groups in total. The SMILES string of the molecule is [CH2-]c1c(F)c(F)cc(F)c1F.[CH2-]c1c(F)c(F)cc(F)c1F.[Ti+2]. The second kappa shape index (κ2) is 8.26. The van der Waals surface area contributed by atoms with Gasteiger partial charge in [-0.1, -0.05) is 0 Å². The molecule has 0 aliphatic carbocycles. The van der Waals surface area contributed by atoms with E-state index in [0.29, 0.717) is 0 Å². The molecule has 2 aromatic rings. The molecule has 0 bridgehead atoms. The van der Waals surface area contributed by atoms with Crippen molar-refractivity contribution in [3.8, 4) is 0 Å². The zero-order valence-electron chi connectivity index (χ0n) is 11.1. The van der Waals surface area contributed by atoms with Gasteiger partial charge in [0, 0.05) is 0 Å². The van der Waals surface area contributed by atoms with Gasteiger partial charge in [0.2, 0.25) is 0 Å². The van der Waals surface area contributed by atoms with Crippen molar-refractivity contribution in [3.05, 3.63) is 83.6 Å². The molecule has 0 amide bonds. The maximum Gasteiger partial charge on any atom is 2.00 e. The van der Waals surface area contributed by atoms with Crippen molar-refractivity contribution in [1.29, 1.82) is 0 Å². The van der Waals surface area contributed by atoms with Crippen LogP contribution in [0.2, 0.25) is 0 Å². The Kier molecular flexibility index (Phi) is 7.66. The predicted molar refractivity (Wildman–Crippen MR) is 61.5 cm³/mol. The summed E-state index contributed by atoms with van der Waals surface area (Å²) in [6.07, 6.45) is 0. The molecule has 0 aliphatic heterocycles. The van der Waals surface area contributed by atoms with Crippen molar-refractivity contribution in [1.82, 2.24) is 0 Å². The molecule has 0 fully saturated rings. The Hall–Kier alpha value is -1.67. The molecular formula is C14H6F8Ti. The van der Waals surface area contributed by atoms with E-state index in [0.717, 1.165) is 0 Å². The molecule has 0 saturated heterocycles. The van der Waals surface area contributed by atoms with Crippen LogP contribution >= 0.6 is 0 Å². The quantitative estimate of drug-likeness (QED) is 0.268. The Bertz CT molecular complexity index is 601.